The van der Waals surface area contributed by atoms with E-state index in [0.717, 1.165) is 34.5 Å². The van der Waals surface area contributed by atoms with Gasteiger partial charge in [0.2, 0.25) is 0 Å². The molecule has 3 rings (SSSR count). The van der Waals surface area contributed by atoms with Crippen LogP contribution in [0.3, 0.4) is 0 Å². The molecule has 0 aliphatic rings. The summed E-state index contributed by atoms with van der Waals surface area (Å²) in [6.07, 6.45) is 0.959. The number of para-hydroxylation sites is 1. The number of nitrogens with zero attached hydrogens (tertiary/aromatic N) is 1. The number of imidazole rings is 1. The van der Waals surface area contributed by atoms with Gasteiger partial charge in [0.1, 0.15) is 11.3 Å². The molecule has 0 amide bonds. The first kappa shape index (κ1) is 13.9. The second-order valence-corrected chi connectivity index (χ2v) is 5.29. The molecule has 0 spiro atoms. The first-order valence-corrected chi connectivity index (χ1v) is 7.58. The largest absolute Gasteiger partial charge is 0.492 e. The molecule has 4 heteroatoms. The fraction of sp³-hybridized carbons (Fsp3) is 0.235. The van der Waals surface area contributed by atoms with Crippen LogP contribution in [-0.2, 0) is 13.0 Å². The summed E-state index contributed by atoms with van der Waals surface area (Å²) in [6.45, 7) is 3.49. The highest BCUT2D eigenvalue weighted by molar-refractivity contribution is 7.71. The van der Waals surface area contributed by atoms with Gasteiger partial charge in [-0.2, -0.15) is 0 Å². The second kappa shape index (κ2) is 6.14. The van der Waals surface area contributed by atoms with Gasteiger partial charge in [-0.1, -0.05) is 36.4 Å². The summed E-state index contributed by atoms with van der Waals surface area (Å²) in [5.74, 6) is 0.861. The van der Waals surface area contributed by atoms with Crippen LogP contribution in [0, 0.1) is 4.77 Å². The van der Waals surface area contributed by atoms with Crippen LogP contribution in [0.4, 0.5) is 0 Å². The van der Waals surface area contributed by atoms with E-state index in [2.05, 4.69) is 39.9 Å². The molecule has 0 aliphatic heterocycles. The lowest BCUT2D eigenvalue weighted by Crippen LogP contribution is -2.01. The smallest absolute Gasteiger partial charge is 0.178 e. The van der Waals surface area contributed by atoms with E-state index in [1.165, 1.54) is 5.56 Å². The highest BCUT2D eigenvalue weighted by Gasteiger charge is 2.08. The number of aromatic nitrogens is 2. The molecule has 0 atom stereocenters. The van der Waals surface area contributed by atoms with Gasteiger partial charge in [0.05, 0.1) is 12.1 Å². The summed E-state index contributed by atoms with van der Waals surface area (Å²) in [7, 11) is 0. The molecule has 0 unspecified atom stereocenters. The third-order valence-electron chi connectivity index (χ3n) is 3.54. The number of benzene rings is 2. The van der Waals surface area contributed by atoms with Gasteiger partial charge in [-0.3, -0.25) is 0 Å². The van der Waals surface area contributed by atoms with Gasteiger partial charge in [0.25, 0.3) is 0 Å². The van der Waals surface area contributed by atoms with Crippen molar-refractivity contribution in [3.8, 4) is 5.75 Å². The third-order valence-corrected chi connectivity index (χ3v) is 3.86. The Kier molecular flexibility index (Phi) is 4.06. The van der Waals surface area contributed by atoms with Crippen LogP contribution in [0.1, 0.15) is 12.5 Å². The number of aromatic amines is 1. The van der Waals surface area contributed by atoms with Crippen LogP contribution in [0.2, 0.25) is 0 Å². The average molecular weight is 298 g/mol. The van der Waals surface area contributed by atoms with Crippen molar-refractivity contribution in [2.75, 3.05) is 6.61 Å². The molecule has 0 fully saturated rings. The summed E-state index contributed by atoms with van der Waals surface area (Å²) in [5, 5.41) is 0. The third kappa shape index (κ3) is 2.85. The van der Waals surface area contributed by atoms with Crippen LogP contribution >= 0.6 is 12.2 Å². The van der Waals surface area contributed by atoms with Crippen molar-refractivity contribution in [2.24, 2.45) is 0 Å². The number of nitrogens with one attached hydrogen (secondary N) is 1. The lowest BCUT2D eigenvalue weighted by molar-refractivity contribution is 0.343. The molecule has 0 bridgehead atoms. The fourth-order valence-corrected chi connectivity index (χ4v) is 2.83. The van der Waals surface area contributed by atoms with E-state index in [1.807, 2.05) is 25.1 Å². The van der Waals surface area contributed by atoms with E-state index in [9.17, 15) is 0 Å². The molecular weight excluding hydrogens is 280 g/mol. The maximum atomic E-state index is 5.66. The summed E-state index contributed by atoms with van der Waals surface area (Å²) in [4.78, 5) is 3.27. The average Bonchev–Trinajstić information content (AvgIpc) is 2.83. The number of ether oxygens (including phenoxy) is 1. The van der Waals surface area contributed by atoms with E-state index in [4.69, 9.17) is 17.0 Å². The molecule has 1 heterocycles. The predicted molar refractivity (Wildman–Crippen MR) is 88.4 cm³/mol. The van der Waals surface area contributed by atoms with Crippen molar-refractivity contribution >= 4 is 23.3 Å². The van der Waals surface area contributed by atoms with Crippen molar-refractivity contribution in [2.45, 2.75) is 19.9 Å². The van der Waals surface area contributed by atoms with E-state index in [-0.39, 0.29) is 0 Å². The Labute approximate surface area is 129 Å². The zero-order valence-corrected chi connectivity index (χ0v) is 12.8. The van der Waals surface area contributed by atoms with E-state index in [0.29, 0.717) is 6.61 Å². The number of hydrogen-bond donors (Lipinski definition) is 1. The molecule has 3 aromatic rings. The summed E-state index contributed by atoms with van der Waals surface area (Å²) < 4.78 is 8.54. The maximum absolute atomic E-state index is 5.66. The lowest BCUT2D eigenvalue weighted by atomic mass is 10.1. The van der Waals surface area contributed by atoms with E-state index < -0.39 is 0 Å². The summed E-state index contributed by atoms with van der Waals surface area (Å²) >= 11 is 5.46. The first-order chi connectivity index (χ1) is 10.3. The Morgan fingerprint density at radius 2 is 1.90 bits per heavy atom. The zero-order chi connectivity index (χ0) is 14.7. The molecule has 21 heavy (non-hydrogen) atoms. The number of fused-ring (bicyclic) bond motifs is 1. The van der Waals surface area contributed by atoms with Crippen molar-refractivity contribution in [1.82, 2.24) is 9.55 Å². The van der Waals surface area contributed by atoms with E-state index in [1.54, 1.807) is 0 Å². The Morgan fingerprint density at radius 1 is 1.10 bits per heavy atom. The minimum absolute atomic E-state index is 0.648. The standard InChI is InChI=1S/C17H18N2OS/c1-2-20-15-10-6-9-14-16(15)18-17(21)19(14)12-11-13-7-4-3-5-8-13/h3-10H,2,11-12H2,1H3,(H,18,21). The predicted octanol–water partition coefficient (Wildman–Crippen LogP) is 4.34. The summed E-state index contributed by atoms with van der Waals surface area (Å²) in [6, 6.07) is 16.5. The van der Waals surface area contributed by atoms with Gasteiger partial charge in [0, 0.05) is 6.54 Å². The van der Waals surface area contributed by atoms with Crippen LogP contribution < -0.4 is 4.74 Å². The minimum Gasteiger partial charge on any atom is -0.492 e. The highest BCUT2D eigenvalue weighted by atomic mass is 32.1. The molecular formula is C17H18N2OS. The van der Waals surface area contributed by atoms with Gasteiger partial charge in [-0.05, 0) is 43.3 Å². The Morgan fingerprint density at radius 3 is 2.67 bits per heavy atom. The molecule has 1 aromatic heterocycles. The van der Waals surface area contributed by atoms with Crippen molar-refractivity contribution in [3.05, 3.63) is 58.9 Å². The SMILES string of the molecule is CCOc1cccc2c1[nH]c(=S)n2CCc1ccccc1. The molecule has 0 aliphatic carbocycles. The quantitative estimate of drug-likeness (QED) is 0.710. The number of rotatable bonds is 5. The van der Waals surface area contributed by atoms with Crippen molar-refractivity contribution in [1.29, 1.82) is 0 Å². The highest BCUT2D eigenvalue weighted by Crippen LogP contribution is 2.25. The van der Waals surface area contributed by atoms with Crippen molar-refractivity contribution < 1.29 is 4.74 Å². The molecule has 0 saturated carbocycles. The van der Waals surface area contributed by atoms with Crippen LogP contribution in [0.5, 0.6) is 5.75 Å². The monoisotopic (exact) mass is 298 g/mol. The topological polar surface area (TPSA) is 29.9 Å². The molecule has 0 radical (unpaired) electrons. The molecule has 108 valence electrons. The Bertz CT molecular complexity index is 789. The van der Waals surface area contributed by atoms with Crippen LogP contribution in [0.15, 0.2) is 48.5 Å². The lowest BCUT2D eigenvalue weighted by Gasteiger charge is -2.06. The van der Waals surface area contributed by atoms with Gasteiger partial charge in [0.15, 0.2) is 4.77 Å². The minimum atomic E-state index is 0.648. The zero-order valence-electron chi connectivity index (χ0n) is 12.0. The number of hydrogen-bond acceptors (Lipinski definition) is 2. The fourth-order valence-electron chi connectivity index (χ4n) is 2.54. The van der Waals surface area contributed by atoms with Gasteiger partial charge >= 0.3 is 0 Å². The molecule has 0 saturated heterocycles. The molecule has 1 N–H and O–H groups in total. The molecule has 3 nitrogen and oxygen atoms in total. The van der Waals surface area contributed by atoms with E-state index >= 15 is 0 Å². The normalized spacial score (nSPS) is 10.9. The van der Waals surface area contributed by atoms with Crippen molar-refractivity contribution in [3.63, 3.8) is 0 Å². The second-order valence-electron chi connectivity index (χ2n) is 4.90. The maximum Gasteiger partial charge on any atom is 0.178 e. The number of aryl methyl sites for hydroxylation is 2. The van der Waals surface area contributed by atoms with Crippen LogP contribution in [-0.4, -0.2) is 16.2 Å². The Hall–Kier alpha value is -2.07. The first-order valence-electron chi connectivity index (χ1n) is 7.18. The van der Waals surface area contributed by atoms with Gasteiger partial charge < -0.3 is 14.3 Å². The van der Waals surface area contributed by atoms with Gasteiger partial charge in [-0.15, -0.1) is 0 Å². The Balaban J connectivity index is 1.93. The van der Waals surface area contributed by atoms with Crippen LogP contribution in [0.25, 0.3) is 11.0 Å². The molecule has 2 aromatic carbocycles. The number of H-pyrrole nitrogens is 1. The summed E-state index contributed by atoms with van der Waals surface area (Å²) in [5.41, 5.74) is 3.40. The van der Waals surface area contributed by atoms with Gasteiger partial charge in [-0.25, -0.2) is 0 Å².